The predicted molar refractivity (Wildman–Crippen MR) is 25.9 cm³/mol. The summed E-state index contributed by atoms with van der Waals surface area (Å²) in [6.07, 6.45) is 5.24. The van der Waals surface area contributed by atoms with Gasteiger partial charge in [0.05, 0.1) is 0 Å². The van der Waals surface area contributed by atoms with E-state index in [9.17, 15) is 4.79 Å². The molecule has 0 saturated heterocycles. The van der Waals surface area contributed by atoms with Crippen molar-refractivity contribution in [2.45, 2.75) is 12.8 Å². The van der Waals surface area contributed by atoms with Crippen molar-refractivity contribution < 1.29 is 9.50 Å². The van der Waals surface area contributed by atoms with Crippen molar-refractivity contribution in [2.75, 3.05) is 0 Å². The number of halogens is 1. The number of rotatable bonds is 0. The van der Waals surface area contributed by atoms with Gasteiger partial charge in [0.15, 0.2) is 5.78 Å². The minimum Gasteiger partial charge on any atom is -0.295 e. The second kappa shape index (κ2) is 2.50. The van der Waals surface area contributed by atoms with E-state index in [1.807, 2.05) is 6.08 Å². The fourth-order valence-corrected chi connectivity index (χ4v) is 0.524. The maximum Gasteiger partial charge on any atom is 0.155 e. The first kappa shape index (κ1) is 6.34. The lowest BCUT2D eigenvalue weighted by molar-refractivity contribution is -0.114. The first-order valence-corrected chi connectivity index (χ1v) is 2.09. The van der Waals surface area contributed by atoms with E-state index in [1.54, 1.807) is 6.08 Å². The Hall–Kier alpha value is -0.660. The van der Waals surface area contributed by atoms with E-state index in [1.165, 1.54) is 0 Å². The Bertz CT molecular complexity index is 96.3. The molecule has 0 atom stereocenters. The quantitative estimate of drug-likeness (QED) is 0.447. The predicted octanol–water partition coefficient (Wildman–Crippen LogP) is 1.06. The average Bonchev–Trinajstić information content (AvgIpc) is 1.86. The number of allylic oxidation sites excluding steroid dienone is 2. The SMILES string of the molecule is F.O=C1C=CCC1. The van der Waals surface area contributed by atoms with Crippen LogP contribution in [0, 0.1) is 0 Å². The van der Waals surface area contributed by atoms with Crippen molar-refractivity contribution in [1.82, 2.24) is 0 Å². The zero-order valence-electron chi connectivity index (χ0n) is 3.89. The highest BCUT2D eigenvalue weighted by molar-refractivity contribution is 5.91. The largest absolute Gasteiger partial charge is 0.295 e. The summed E-state index contributed by atoms with van der Waals surface area (Å²) in [5.41, 5.74) is 0. The van der Waals surface area contributed by atoms with Crippen LogP contribution in [0.1, 0.15) is 12.8 Å². The third-order valence-corrected chi connectivity index (χ3v) is 0.861. The highest BCUT2D eigenvalue weighted by Gasteiger charge is 1.98. The van der Waals surface area contributed by atoms with Gasteiger partial charge >= 0.3 is 0 Å². The molecule has 0 aromatic carbocycles. The van der Waals surface area contributed by atoms with Crippen LogP contribution >= 0.6 is 0 Å². The van der Waals surface area contributed by atoms with Gasteiger partial charge in [-0.05, 0) is 12.5 Å². The van der Waals surface area contributed by atoms with E-state index in [0.717, 1.165) is 12.8 Å². The lowest BCUT2D eigenvalue weighted by Crippen LogP contribution is -1.80. The molecule has 0 heterocycles. The van der Waals surface area contributed by atoms with Crippen LogP contribution in [-0.4, -0.2) is 5.78 Å². The molecule has 0 fully saturated rings. The first-order valence-electron chi connectivity index (χ1n) is 2.09. The van der Waals surface area contributed by atoms with Crippen LogP contribution in [0.15, 0.2) is 12.2 Å². The molecule has 0 amide bonds. The van der Waals surface area contributed by atoms with Crippen LogP contribution in [0.3, 0.4) is 0 Å². The Labute approximate surface area is 41.4 Å². The Kier molecular flexibility index (Phi) is 2.27. The molecule has 0 bridgehead atoms. The van der Waals surface area contributed by atoms with E-state index in [4.69, 9.17) is 0 Å². The molecule has 0 radical (unpaired) electrons. The number of hydrogen-bond acceptors (Lipinski definition) is 1. The smallest absolute Gasteiger partial charge is 0.155 e. The van der Waals surface area contributed by atoms with Crippen molar-refractivity contribution in [3.63, 3.8) is 0 Å². The Balaban J connectivity index is 0.000000360. The lowest BCUT2D eigenvalue weighted by Gasteiger charge is -1.71. The molecular formula is C5H7FO. The van der Waals surface area contributed by atoms with E-state index in [-0.39, 0.29) is 10.5 Å². The molecule has 0 spiro atoms. The van der Waals surface area contributed by atoms with Crippen molar-refractivity contribution >= 4 is 5.78 Å². The summed E-state index contributed by atoms with van der Waals surface area (Å²) < 4.78 is 0. The summed E-state index contributed by atoms with van der Waals surface area (Å²) in [6, 6.07) is 0. The molecule has 40 valence electrons. The van der Waals surface area contributed by atoms with Crippen LogP contribution in [0.5, 0.6) is 0 Å². The summed E-state index contributed by atoms with van der Waals surface area (Å²) in [4.78, 5) is 10.2. The summed E-state index contributed by atoms with van der Waals surface area (Å²) >= 11 is 0. The van der Waals surface area contributed by atoms with Crippen LogP contribution in [0.25, 0.3) is 0 Å². The van der Waals surface area contributed by atoms with Gasteiger partial charge in [-0.3, -0.25) is 9.50 Å². The number of carbonyl (C=O) groups is 1. The molecule has 7 heavy (non-hydrogen) atoms. The monoisotopic (exact) mass is 102 g/mol. The molecule has 0 saturated carbocycles. The molecule has 0 N–H and O–H groups in total. The van der Waals surface area contributed by atoms with Gasteiger partial charge in [-0.2, -0.15) is 0 Å². The standard InChI is InChI=1S/C5H6O.FH/c6-5-3-1-2-4-5;/h1,3H,2,4H2;1H. The van der Waals surface area contributed by atoms with Crippen molar-refractivity contribution in [3.05, 3.63) is 12.2 Å². The van der Waals surface area contributed by atoms with Crippen LogP contribution in [0.2, 0.25) is 0 Å². The molecule has 2 heteroatoms. The van der Waals surface area contributed by atoms with Gasteiger partial charge < -0.3 is 0 Å². The lowest BCUT2D eigenvalue weighted by atomic mass is 10.3. The van der Waals surface area contributed by atoms with Crippen LogP contribution < -0.4 is 0 Å². The fraction of sp³-hybridized carbons (Fsp3) is 0.400. The van der Waals surface area contributed by atoms with Gasteiger partial charge in [-0.1, -0.05) is 6.08 Å². The van der Waals surface area contributed by atoms with Crippen LogP contribution in [-0.2, 0) is 4.79 Å². The number of carbonyl (C=O) groups excluding carboxylic acids is 1. The summed E-state index contributed by atoms with van der Waals surface area (Å²) in [7, 11) is 0. The van der Waals surface area contributed by atoms with Gasteiger partial charge in [0.25, 0.3) is 0 Å². The van der Waals surface area contributed by atoms with E-state index in [0.29, 0.717) is 0 Å². The fourth-order valence-electron chi connectivity index (χ4n) is 0.524. The van der Waals surface area contributed by atoms with Crippen molar-refractivity contribution in [3.8, 4) is 0 Å². The number of ketones is 1. The maximum atomic E-state index is 10.2. The van der Waals surface area contributed by atoms with E-state index < -0.39 is 0 Å². The minimum absolute atomic E-state index is 0. The summed E-state index contributed by atoms with van der Waals surface area (Å²) in [5, 5.41) is 0. The molecule has 0 unspecified atom stereocenters. The van der Waals surface area contributed by atoms with Crippen molar-refractivity contribution in [2.24, 2.45) is 0 Å². The highest BCUT2D eigenvalue weighted by atomic mass is 19.0. The Morgan fingerprint density at radius 1 is 1.57 bits per heavy atom. The molecule has 1 nitrogen and oxygen atoms in total. The third kappa shape index (κ3) is 1.48. The minimum atomic E-state index is 0. The molecule has 0 aliphatic heterocycles. The van der Waals surface area contributed by atoms with E-state index in [2.05, 4.69) is 0 Å². The normalized spacial score (nSPS) is 16.9. The zero-order chi connectivity index (χ0) is 4.41. The molecule has 1 rings (SSSR count). The second-order valence-electron chi connectivity index (χ2n) is 1.41. The van der Waals surface area contributed by atoms with Gasteiger partial charge in [0, 0.05) is 6.42 Å². The molecule has 0 aromatic heterocycles. The summed E-state index contributed by atoms with van der Waals surface area (Å²) in [6.45, 7) is 0. The molecule has 1 aliphatic rings. The molecule has 0 aromatic rings. The van der Waals surface area contributed by atoms with Gasteiger partial charge in [0.1, 0.15) is 0 Å². The van der Waals surface area contributed by atoms with Gasteiger partial charge in [-0.15, -0.1) is 0 Å². The second-order valence-corrected chi connectivity index (χ2v) is 1.41. The van der Waals surface area contributed by atoms with Crippen molar-refractivity contribution in [1.29, 1.82) is 0 Å². The van der Waals surface area contributed by atoms with Gasteiger partial charge in [0.2, 0.25) is 0 Å². The number of hydrogen-bond donors (Lipinski definition) is 0. The molecule has 1 aliphatic carbocycles. The first-order chi connectivity index (χ1) is 2.89. The maximum absolute atomic E-state index is 10.2. The Morgan fingerprint density at radius 3 is 2.43 bits per heavy atom. The highest BCUT2D eigenvalue weighted by Crippen LogP contribution is 2.01. The zero-order valence-corrected chi connectivity index (χ0v) is 3.89. The van der Waals surface area contributed by atoms with E-state index >= 15 is 0 Å². The summed E-state index contributed by atoms with van der Waals surface area (Å²) in [5.74, 6) is 0.273. The third-order valence-electron chi connectivity index (χ3n) is 0.861. The Morgan fingerprint density at radius 2 is 2.29 bits per heavy atom. The van der Waals surface area contributed by atoms with Gasteiger partial charge in [-0.25, -0.2) is 0 Å². The molecular weight excluding hydrogens is 95.1 g/mol. The average molecular weight is 102 g/mol. The topological polar surface area (TPSA) is 17.1 Å². The van der Waals surface area contributed by atoms with Crippen LogP contribution in [0.4, 0.5) is 4.70 Å².